The minimum atomic E-state index is -1.11. The SMILES string of the molecule is COc1cc(C)ccc1OCC(=O)Nc1ccccc1C(=O)O. The van der Waals surface area contributed by atoms with Crippen molar-refractivity contribution >= 4 is 17.6 Å². The first kappa shape index (κ1) is 16.4. The van der Waals surface area contributed by atoms with Crippen molar-refractivity contribution < 1.29 is 24.2 Å². The highest BCUT2D eigenvalue weighted by Gasteiger charge is 2.13. The number of aromatic carboxylic acids is 1. The van der Waals surface area contributed by atoms with E-state index in [9.17, 15) is 9.59 Å². The summed E-state index contributed by atoms with van der Waals surface area (Å²) in [6, 6.07) is 11.5. The summed E-state index contributed by atoms with van der Waals surface area (Å²) in [5.41, 5.74) is 1.26. The lowest BCUT2D eigenvalue weighted by molar-refractivity contribution is -0.118. The number of para-hydroxylation sites is 1. The topological polar surface area (TPSA) is 84.9 Å². The van der Waals surface area contributed by atoms with E-state index >= 15 is 0 Å². The Bertz CT molecular complexity index is 727. The highest BCUT2D eigenvalue weighted by Crippen LogP contribution is 2.27. The second-order valence-electron chi connectivity index (χ2n) is 4.84. The number of hydrogen-bond donors (Lipinski definition) is 2. The largest absolute Gasteiger partial charge is 0.493 e. The van der Waals surface area contributed by atoms with Crippen LogP contribution in [0, 0.1) is 6.92 Å². The maximum Gasteiger partial charge on any atom is 0.337 e. The van der Waals surface area contributed by atoms with Gasteiger partial charge in [0.1, 0.15) is 0 Å². The van der Waals surface area contributed by atoms with Crippen LogP contribution in [0.15, 0.2) is 42.5 Å². The Balaban J connectivity index is 2.03. The van der Waals surface area contributed by atoms with Crippen LogP contribution in [-0.2, 0) is 4.79 Å². The molecule has 1 amide bonds. The lowest BCUT2D eigenvalue weighted by Gasteiger charge is -2.12. The number of amides is 1. The van der Waals surface area contributed by atoms with Gasteiger partial charge in [-0.25, -0.2) is 4.79 Å². The van der Waals surface area contributed by atoms with Crippen molar-refractivity contribution in [2.24, 2.45) is 0 Å². The number of carboxylic acid groups (broad SMARTS) is 1. The van der Waals surface area contributed by atoms with Crippen molar-refractivity contribution in [3.8, 4) is 11.5 Å². The Kier molecular flexibility index (Phi) is 5.19. The monoisotopic (exact) mass is 315 g/mol. The second-order valence-corrected chi connectivity index (χ2v) is 4.84. The quantitative estimate of drug-likeness (QED) is 0.856. The van der Waals surface area contributed by atoms with Gasteiger partial charge in [-0.05, 0) is 36.8 Å². The third-order valence-electron chi connectivity index (χ3n) is 3.11. The number of carboxylic acids is 1. The standard InChI is InChI=1S/C17H17NO5/c1-11-7-8-14(15(9-11)22-2)23-10-16(19)18-13-6-4-3-5-12(13)17(20)21/h3-9H,10H2,1-2H3,(H,18,19)(H,20,21). The Morgan fingerprint density at radius 3 is 2.57 bits per heavy atom. The second kappa shape index (κ2) is 7.31. The van der Waals surface area contributed by atoms with E-state index in [1.165, 1.54) is 19.2 Å². The number of ether oxygens (including phenoxy) is 2. The summed E-state index contributed by atoms with van der Waals surface area (Å²) in [5.74, 6) is -0.591. The number of carbonyl (C=O) groups is 2. The molecule has 0 aromatic heterocycles. The number of hydrogen-bond acceptors (Lipinski definition) is 4. The van der Waals surface area contributed by atoms with Gasteiger partial charge in [0.2, 0.25) is 0 Å². The molecule has 0 saturated carbocycles. The molecule has 0 unspecified atom stereocenters. The lowest BCUT2D eigenvalue weighted by atomic mass is 10.2. The maximum absolute atomic E-state index is 12.0. The van der Waals surface area contributed by atoms with Crippen molar-refractivity contribution in [2.45, 2.75) is 6.92 Å². The molecular formula is C17H17NO5. The number of nitrogens with one attached hydrogen (secondary N) is 1. The zero-order valence-corrected chi connectivity index (χ0v) is 12.8. The number of anilines is 1. The summed E-state index contributed by atoms with van der Waals surface area (Å²) >= 11 is 0. The summed E-state index contributed by atoms with van der Waals surface area (Å²) in [4.78, 5) is 23.1. The molecule has 0 spiro atoms. The van der Waals surface area contributed by atoms with Crippen LogP contribution in [0.3, 0.4) is 0 Å². The summed E-state index contributed by atoms with van der Waals surface area (Å²) in [6.45, 7) is 1.66. The summed E-state index contributed by atoms with van der Waals surface area (Å²) in [7, 11) is 1.52. The third kappa shape index (κ3) is 4.23. The van der Waals surface area contributed by atoms with E-state index in [2.05, 4.69) is 5.32 Å². The van der Waals surface area contributed by atoms with Gasteiger partial charge in [0.15, 0.2) is 18.1 Å². The zero-order valence-electron chi connectivity index (χ0n) is 12.8. The molecule has 0 fully saturated rings. The molecule has 0 aliphatic rings. The minimum absolute atomic E-state index is 0.0220. The number of rotatable bonds is 6. The van der Waals surface area contributed by atoms with E-state index in [4.69, 9.17) is 14.6 Å². The van der Waals surface area contributed by atoms with Crippen LogP contribution in [0.1, 0.15) is 15.9 Å². The van der Waals surface area contributed by atoms with E-state index in [1.54, 1.807) is 24.3 Å². The fourth-order valence-electron chi connectivity index (χ4n) is 2.00. The molecule has 2 rings (SSSR count). The van der Waals surface area contributed by atoms with Crippen LogP contribution in [-0.4, -0.2) is 30.7 Å². The molecule has 0 atom stereocenters. The number of carbonyl (C=O) groups excluding carboxylic acids is 1. The molecule has 0 bridgehead atoms. The van der Waals surface area contributed by atoms with Crippen LogP contribution in [0.4, 0.5) is 5.69 Å². The number of benzene rings is 2. The predicted molar refractivity (Wildman–Crippen MR) is 85.3 cm³/mol. The fourth-order valence-corrected chi connectivity index (χ4v) is 2.00. The van der Waals surface area contributed by atoms with Gasteiger partial charge in [0.05, 0.1) is 18.4 Å². The van der Waals surface area contributed by atoms with Gasteiger partial charge >= 0.3 is 5.97 Å². The predicted octanol–water partition coefficient (Wildman–Crippen LogP) is 2.72. The first-order chi connectivity index (χ1) is 11.0. The first-order valence-corrected chi connectivity index (χ1v) is 6.91. The van der Waals surface area contributed by atoms with Gasteiger partial charge < -0.3 is 19.9 Å². The van der Waals surface area contributed by atoms with E-state index in [0.29, 0.717) is 11.5 Å². The molecule has 6 nitrogen and oxygen atoms in total. The van der Waals surface area contributed by atoms with Crippen LogP contribution in [0.5, 0.6) is 11.5 Å². The van der Waals surface area contributed by atoms with E-state index in [1.807, 2.05) is 13.0 Å². The lowest BCUT2D eigenvalue weighted by Crippen LogP contribution is -2.21. The van der Waals surface area contributed by atoms with Crippen molar-refractivity contribution in [3.63, 3.8) is 0 Å². The van der Waals surface area contributed by atoms with Gasteiger partial charge in [-0.2, -0.15) is 0 Å². The molecule has 2 aromatic rings. The Hall–Kier alpha value is -3.02. The zero-order chi connectivity index (χ0) is 16.8. The fraction of sp³-hybridized carbons (Fsp3) is 0.176. The summed E-state index contributed by atoms with van der Waals surface area (Å²) < 4.78 is 10.6. The first-order valence-electron chi connectivity index (χ1n) is 6.91. The molecule has 2 N–H and O–H groups in total. The van der Waals surface area contributed by atoms with E-state index < -0.39 is 11.9 Å². The highest BCUT2D eigenvalue weighted by atomic mass is 16.5. The minimum Gasteiger partial charge on any atom is -0.493 e. The molecular weight excluding hydrogens is 298 g/mol. The molecule has 0 aliphatic carbocycles. The molecule has 0 heterocycles. The van der Waals surface area contributed by atoms with Gasteiger partial charge in [-0.1, -0.05) is 18.2 Å². The van der Waals surface area contributed by atoms with Crippen LogP contribution in [0.2, 0.25) is 0 Å². The van der Waals surface area contributed by atoms with Crippen LogP contribution in [0.25, 0.3) is 0 Å². The normalized spacial score (nSPS) is 10.0. The smallest absolute Gasteiger partial charge is 0.337 e. The molecule has 23 heavy (non-hydrogen) atoms. The van der Waals surface area contributed by atoms with Crippen molar-refractivity contribution in [1.29, 1.82) is 0 Å². The van der Waals surface area contributed by atoms with E-state index in [0.717, 1.165) is 5.56 Å². The van der Waals surface area contributed by atoms with Crippen molar-refractivity contribution in [1.82, 2.24) is 0 Å². The Morgan fingerprint density at radius 1 is 1.13 bits per heavy atom. The average molecular weight is 315 g/mol. The molecule has 6 heteroatoms. The summed E-state index contributed by atoms with van der Waals surface area (Å²) in [5, 5.41) is 11.6. The molecule has 0 aliphatic heterocycles. The van der Waals surface area contributed by atoms with Gasteiger partial charge in [0, 0.05) is 0 Å². The highest BCUT2D eigenvalue weighted by molar-refractivity contribution is 6.00. The summed E-state index contributed by atoms with van der Waals surface area (Å²) in [6.07, 6.45) is 0. The average Bonchev–Trinajstić information content (AvgIpc) is 2.53. The Labute approximate surface area is 133 Å². The molecule has 120 valence electrons. The van der Waals surface area contributed by atoms with Gasteiger partial charge in [-0.15, -0.1) is 0 Å². The van der Waals surface area contributed by atoms with E-state index in [-0.39, 0.29) is 17.9 Å². The third-order valence-corrected chi connectivity index (χ3v) is 3.11. The number of aryl methyl sites for hydroxylation is 1. The maximum atomic E-state index is 12.0. The van der Waals surface area contributed by atoms with Gasteiger partial charge in [-0.3, -0.25) is 4.79 Å². The molecule has 2 aromatic carbocycles. The van der Waals surface area contributed by atoms with Gasteiger partial charge in [0.25, 0.3) is 5.91 Å². The molecule has 0 saturated heterocycles. The molecule has 0 radical (unpaired) electrons. The van der Waals surface area contributed by atoms with Crippen LogP contribution < -0.4 is 14.8 Å². The van der Waals surface area contributed by atoms with Crippen molar-refractivity contribution in [2.75, 3.05) is 19.0 Å². The van der Waals surface area contributed by atoms with Crippen LogP contribution >= 0.6 is 0 Å². The van der Waals surface area contributed by atoms with Crippen molar-refractivity contribution in [3.05, 3.63) is 53.6 Å². The Morgan fingerprint density at radius 2 is 1.87 bits per heavy atom. The number of methoxy groups -OCH3 is 1.